The molecule has 1 saturated heterocycles. The maximum Gasteiger partial charge on any atom is 0.251 e. The highest BCUT2D eigenvalue weighted by atomic mass is 35.5. The van der Waals surface area contributed by atoms with Gasteiger partial charge in [-0.2, -0.15) is 0 Å². The zero-order valence-electron chi connectivity index (χ0n) is 16.7. The highest BCUT2D eigenvalue weighted by Gasteiger charge is 2.22. The third-order valence-electron chi connectivity index (χ3n) is 5.41. The van der Waals surface area contributed by atoms with Gasteiger partial charge in [-0.1, -0.05) is 54.3 Å². The minimum Gasteiger partial charge on any atom is -0.495 e. The van der Waals surface area contributed by atoms with Crippen LogP contribution in [0.15, 0.2) is 42.5 Å². The van der Waals surface area contributed by atoms with Crippen LogP contribution in [-0.4, -0.2) is 37.6 Å². The Morgan fingerprint density at radius 3 is 2.39 bits per heavy atom. The molecule has 0 spiro atoms. The number of nitrogens with zero attached hydrogens (tertiary/aromatic N) is 1. The molecule has 3 rings (SSSR count). The van der Waals surface area contributed by atoms with Crippen LogP contribution in [0.2, 0.25) is 5.02 Å². The smallest absolute Gasteiger partial charge is 0.251 e. The summed E-state index contributed by atoms with van der Waals surface area (Å²) in [6.07, 6.45) is 5.00. The van der Waals surface area contributed by atoms with Crippen LogP contribution in [0.25, 0.3) is 0 Å². The SMILES string of the molecule is COc1ccc(C(=O)NC[C@H](c2ccc(C)cc2)N2CCCCCC2)cc1Cl. The van der Waals surface area contributed by atoms with E-state index < -0.39 is 0 Å². The second-order valence-electron chi connectivity index (χ2n) is 7.44. The van der Waals surface area contributed by atoms with Gasteiger partial charge in [0.25, 0.3) is 5.91 Å². The van der Waals surface area contributed by atoms with Crippen LogP contribution in [0, 0.1) is 6.92 Å². The number of amides is 1. The normalized spacial score (nSPS) is 16.2. The molecule has 4 nitrogen and oxygen atoms in total. The zero-order valence-corrected chi connectivity index (χ0v) is 17.5. The first-order valence-electron chi connectivity index (χ1n) is 10.0. The van der Waals surface area contributed by atoms with Crippen molar-refractivity contribution in [2.75, 3.05) is 26.7 Å². The molecule has 2 aromatic rings. The number of likely N-dealkylation sites (tertiary alicyclic amines) is 1. The number of methoxy groups -OCH3 is 1. The lowest BCUT2D eigenvalue weighted by Crippen LogP contribution is -2.38. The molecule has 1 aliphatic heterocycles. The highest BCUT2D eigenvalue weighted by Crippen LogP contribution is 2.26. The zero-order chi connectivity index (χ0) is 19.9. The molecule has 1 atom stereocenters. The fourth-order valence-corrected chi connectivity index (χ4v) is 4.01. The van der Waals surface area contributed by atoms with Gasteiger partial charge in [-0.05, 0) is 56.6 Å². The highest BCUT2D eigenvalue weighted by molar-refractivity contribution is 6.32. The molecule has 1 heterocycles. The lowest BCUT2D eigenvalue weighted by molar-refractivity contribution is 0.0933. The van der Waals surface area contributed by atoms with Crippen molar-refractivity contribution in [3.8, 4) is 5.75 Å². The van der Waals surface area contributed by atoms with Crippen LogP contribution < -0.4 is 10.1 Å². The molecule has 1 aliphatic rings. The average Bonchev–Trinajstić information content (AvgIpc) is 2.98. The third kappa shape index (κ3) is 5.27. The maximum atomic E-state index is 12.7. The number of hydrogen-bond donors (Lipinski definition) is 1. The predicted octanol–water partition coefficient (Wildman–Crippen LogP) is 5.00. The first-order chi connectivity index (χ1) is 13.6. The van der Waals surface area contributed by atoms with E-state index in [0.29, 0.717) is 22.9 Å². The number of halogens is 1. The van der Waals surface area contributed by atoms with Crippen molar-refractivity contribution in [1.29, 1.82) is 0 Å². The molecule has 0 aliphatic carbocycles. The Morgan fingerprint density at radius 2 is 1.79 bits per heavy atom. The van der Waals surface area contributed by atoms with Crippen molar-refractivity contribution in [2.45, 2.75) is 38.6 Å². The van der Waals surface area contributed by atoms with Crippen LogP contribution in [0.3, 0.4) is 0 Å². The van der Waals surface area contributed by atoms with Crippen LogP contribution >= 0.6 is 11.6 Å². The first kappa shape index (κ1) is 20.7. The van der Waals surface area contributed by atoms with Crippen molar-refractivity contribution in [1.82, 2.24) is 10.2 Å². The van der Waals surface area contributed by atoms with E-state index in [1.807, 2.05) is 0 Å². The molecule has 2 aromatic carbocycles. The molecule has 28 heavy (non-hydrogen) atoms. The molecule has 0 radical (unpaired) electrons. The molecule has 0 bridgehead atoms. The third-order valence-corrected chi connectivity index (χ3v) is 5.71. The number of hydrogen-bond acceptors (Lipinski definition) is 3. The van der Waals surface area contributed by atoms with E-state index in [-0.39, 0.29) is 11.9 Å². The van der Waals surface area contributed by atoms with Gasteiger partial charge in [0.2, 0.25) is 0 Å². The van der Waals surface area contributed by atoms with Crippen molar-refractivity contribution in [3.05, 3.63) is 64.2 Å². The maximum absolute atomic E-state index is 12.7. The summed E-state index contributed by atoms with van der Waals surface area (Å²) in [4.78, 5) is 15.2. The first-order valence-corrected chi connectivity index (χ1v) is 10.4. The van der Waals surface area contributed by atoms with E-state index in [1.54, 1.807) is 25.3 Å². The summed E-state index contributed by atoms with van der Waals surface area (Å²) in [5, 5.41) is 3.56. The molecule has 1 N–H and O–H groups in total. The topological polar surface area (TPSA) is 41.6 Å². The van der Waals surface area contributed by atoms with Gasteiger partial charge < -0.3 is 10.1 Å². The van der Waals surface area contributed by atoms with E-state index in [9.17, 15) is 4.79 Å². The van der Waals surface area contributed by atoms with Gasteiger partial charge in [-0.3, -0.25) is 9.69 Å². The number of carbonyl (C=O) groups excluding carboxylic acids is 1. The van der Waals surface area contributed by atoms with Crippen LogP contribution in [0.1, 0.15) is 53.2 Å². The summed E-state index contributed by atoms with van der Waals surface area (Å²) < 4.78 is 5.17. The van der Waals surface area contributed by atoms with Crippen molar-refractivity contribution < 1.29 is 9.53 Å². The fraction of sp³-hybridized carbons (Fsp3) is 0.435. The number of carbonyl (C=O) groups is 1. The van der Waals surface area contributed by atoms with E-state index in [4.69, 9.17) is 16.3 Å². The monoisotopic (exact) mass is 400 g/mol. The summed E-state index contributed by atoms with van der Waals surface area (Å²) in [6, 6.07) is 14.0. The number of benzene rings is 2. The lowest BCUT2D eigenvalue weighted by Gasteiger charge is -2.31. The molecular weight excluding hydrogens is 372 g/mol. The number of aryl methyl sites for hydroxylation is 1. The lowest BCUT2D eigenvalue weighted by atomic mass is 10.0. The van der Waals surface area contributed by atoms with Crippen LogP contribution in [0.4, 0.5) is 0 Å². The summed E-state index contributed by atoms with van der Waals surface area (Å²) in [6.45, 7) is 4.82. The number of ether oxygens (including phenoxy) is 1. The Kier molecular flexibility index (Phi) is 7.35. The fourth-order valence-electron chi connectivity index (χ4n) is 3.75. The number of nitrogens with one attached hydrogen (secondary N) is 1. The molecule has 0 unspecified atom stereocenters. The van der Waals surface area contributed by atoms with Crippen molar-refractivity contribution in [2.24, 2.45) is 0 Å². The average molecular weight is 401 g/mol. The second kappa shape index (κ2) is 9.94. The molecule has 5 heteroatoms. The predicted molar refractivity (Wildman–Crippen MR) is 114 cm³/mol. The van der Waals surface area contributed by atoms with Crippen LogP contribution in [-0.2, 0) is 0 Å². The van der Waals surface area contributed by atoms with E-state index >= 15 is 0 Å². The molecular formula is C23H29ClN2O2. The van der Waals surface area contributed by atoms with Gasteiger partial charge in [0, 0.05) is 12.1 Å². The Morgan fingerprint density at radius 1 is 1.11 bits per heavy atom. The molecule has 1 fully saturated rings. The van der Waals surface area contributed by atoms with Gasteiger partial charge in [-0.25, -0.2) is 0 Å². The van der Waals surface area contributed by atoms with Gasteiger partial charge in [0.15, 0.2) is 0 Å². The van der Waals surface area contributed by atoms with Gasteiger partial charge in [0.05, 0.1) is 18.2 Å². The minimum absolute atomic E-state index is 0.114. The summed E-state index contributed by atoms with van der Waals surface area (Å²) in [5.74, 6) is 0.455. The number of rotatable bonds is 6. The molecule has 150 valence electrons. The summed E-state index contributed by atoms with van der Waals surface area (Å²) in [5.41, 5.74) is 3.04. The molecule has 1 amide bonds. The quantitative estimate of drug-likeness (QED) is 0.741. The Balaban J connectivity index is 1.74. The van der Waals surface area contributed by atoms with Gasteiger partial charge in [0.1, 0.15) is 5.75 Å². The van der Waals surface area contributed by atoms with E-state index in [1.165, 1.54) is 36.8 Å². The van der Waals surface area contributed by atoms with Crippen LogP contribution in [0.5, 0.6) is 5.75 Å². The molecule has 0 saturated carbocycles. The van der Waals surface area contributed by atoms with Gasteiger partial charge in [-0.15, -0.1) is 0 Å². The van der Waals surface area contributed by atoms with Crippen molar-refractivity contribution >= 4 is 17.5 Å². The minimum atomic E-state index is -0.114. The van der Waals surface area contributed by atoms with Gasteiger partial charge >= 0.3 is 0 Å². The summed E-state index contributed by atoms with van der Waals surface area (Å²) in [7, 11) is 1.56. The standard InChI is InChI=1S/C23H29ClN2O2/c1-17-7-9-18(10-8-17)21(26-13-5-3-4-6-14-26)16-25-23(27)19-11-12-22(28-2)20(24)15-19/h7-12,15,21H,3-6,13-14,16H2,1-2H3,(H,25,27)/t21-/m1/s1. The Hall–Kier alpha value is -2.04. The summed E-state index contributed by atoms with van der Waals surface area (Å²) >= 11 is 6.17. The van der Waals surface area contributed by atoms with E-state index in [2.05, 4.69) is 41.4 Å². The molecule has 0 aromatic heterocycles. The van der Waals surface area contributed by atoms with E-state index in [0.717, 1.165) is 13.1 Å². The Labute approximate surface area is 172 Å². The second-order valence-corrected chi connectivity index (χ2v) is 7.84. The van der Waals surface area contributed by atoms with Crippen molar-refractivity contribution in [3.63, 3.8) is 0 Å². The largest absolute Gasteiger partial charge is 0.495 e. The Bertz CT molecular complexity index is 784.